The summed E-state index contributed by atoms with van der Waals surface area (Å²) >= 11 is 0. The van der Waals surface area contributed by atoms with Crippen LogP contribution in [0.3, 0.4) is 0 Å². The Morgan fingerprint density at radius 1 is 0.929 bits per heavy atom. The summed E-state index contributed by atoms with van der Waals surface area (Å²) in [6, 6.07) is 16.5. The van der Waals surface area contributed by atoms with Gasteiger partial charge < -0.3 is 29.7 Å². The molecule has 5 aromatic rings. The van der Waals surface area contributed by atoms with Gasteiger partial charge in [-0.2, -0.15) is 13.2 Å². The van der Waals surface area contributed by atoms with E-state index in [2.05, 4.69) is 27.3 Å². The minimum absolute atomic E-state index is 0.0157. The van der Waals surface area contributed by atoms with Gasteiger partial charge in [0.2, 0.25) is 0 Å². The Kier molecular flexibility index (Phi) is 11.5. The number of hydrogen-bond acceptors (Lipinski definition) is 8. The Morgan fingerprint density at radius 2 is 1.68 bits per heavy atom. The average molecular weight is 774 g/mol. The van der Waals surface area contributed by atoms with Crippen molar-refractivity contribution in [1.29, 1.82) is 0 Å². The van der Waals surface area contributed by atoms with Crippen LogP contribution in [-0.4, -0.2) is 110 Å². The second kappa shape index (κ2) is 16.5. The first-order chi connectivity index (χ1) is 26.9. The number of ether oxygens (including phenoxy) is 2. The number of rotatable bonds is 11. The topological polar surface area (TPSA) is 107 Å². The molecule has 0 spiro atoms. The molecule has 2 aliphatic rings. The third-order valence-corrected chi connectivity index (χ3v) is 10.4. The van der Waals surface area contributed by atoms with Crippen molar-refractivity contribution in [2.24, 2.45) is 0 Å². The Morgan fingerprint density at radius 3 is 2.43 bits per heavy atom. The fourth-order valence-electron chi connectivity index (χ4n) is 7.75. The molecule has 2 aliphatic heterocycles. The first kappa shape index (κ1) is 39.1. The van der Waals surface area contributed by atoms with E-state index in [-0.39, 0.29) is 37.4 Å². The molecule has 294 valence electrons. The van der Waals surface area contributed by atoms with Crippen LogP contribution in [0.1, 0.15) is 27.0 Å². The number of hydrogen-bond donors (Lipinski definition) is 2. The van der Waals surface area contributed by atoms with Gasteiger partial charge in [0.1, 0.15) is 17.9 Å². The van der Waals surface area contributed by atoms with Crippen molar-refractivity contribution in [2.45, 2.75) is 37.8 Å². The van der Waals surface area contributed by atoms with Gasteiger partial charge in [0.15, 0.2) is 0 Å². The largest absolute Gasteiger partial charge is 0.480 e. The van der Waals surface area contributed by atoms with E-state index in [9.17, 15) is 27.9 Å². The SMILES string of the molecule is CN(C)Cc1cc(-c2cccc3c(C[C@H](NC(=O)c4c(F)cc(N5CCOC[C@@H]5C(F)(F)F)cc4CN4CCOCC4)C(=O)O)cccc23)c2cnccc2c1. The molecular formula is C42H43F4N5O5. The van der Waals surface area contributed by atoms with Gasteiger partial charge in [0.05, 0.1) is 32.0 Å². The van der Waals surface area contributed by atoms with Gasteiger partial charge in [-0.1, -0.05) is 36.4 Å². The summed E-state index contributed by atoms with van der Waals surface area (Å²) in [6.45, 7) is 1.75. The smallest absolute Gasteiger partial charge is 0.411 e. The van der Waals surface area contributed by atoms with Crippen LogP contribution in [0.5, 0.6) is 0 Å². The lowest BCUT2D eigenvalue weighted by atomic mass is 9.90. The lowest BCUT2D eigenvalue weighted by molar-refractivity contribution is -0.167. The quantitative estimate of drug-likeness (QED) is 0.150. The molecule has 2 fully saturated rings. The van der Waals surface area contributed by atoms with Crippen LogP contribution >= 0.6 is 0 Å². The maximum absolute atomic E-state index is 16.2. The van der Waals surface area contributed by atoms with Crippen molar-refractivity contribution in [3.05, 3.63) is 107 Å². The standard InChI is InChI=1S/C42H43F4N5O5/c1-49(2)23-26-17-28-9-10-47-22-35(28)34(18-26)33-8-4-6-31-27(5-3-7-32(31)33)20-37(41(53)54)48-40(52)39-29(24-50-11-14-55-15-12-50)19-30(21-36(39)43)51-13-16-56-25-38(51)42(44,45)46/h3-10,17-19,21-22,37-38H,11-16,20,23-25H2,1-2H3,(H,48,52)(H,53,54)/t37-,38+/m0/s1. The summed E-state index contributed by atoms with van der Waals surface area (Å²) in [6.07, 6.45) is -1.18. The van der Waals surface area contributed by atoms with E-state index >= 15 is 4.39 Å². The molecule has 0 bridgehead atoms. The van der Waals surface area contributed by atoms with Gasteiger partial charge in [-0.25, -0.2) is 9.18 Å². The van der Waals surface area contributed by atoms with E-state index < -0.39 is 48.1 Å². The number of pyridine rings is 1. The predicted molar refractivity (Wildman–Crippen MR) is 205 cm³/mol. The maximum Gasteiger partial charge on any atom is 0.411 e. The summed E-state index contributed by atoms with van der Waals surface area (Å²) < 4.78 is 68.8. The number of nitrogens with zero attached hydrogens (tertiary/aromatic N) is 4. The fraction of sp³-hybridized carbons (Fsp3) is 0.357. The molecule has 10 nitrogen and oxygen atoms in total. The van der Waals surface area contributed by atoms with Crippen LogP contribution < -0.4 is 10.2 Å². The number of anilines is 1. The number of aromatic nitrogens is 1. The summed E-state index contributed by atoms with van der Waals surface area (Å²) in [7, 11) is 4.01. The minimum atomic E-state index is -4.64. The van der Waals surface area contributed by atoms with Crippen LogP contribution in [0.2, 0.25) is 0 Å². The molecule has 14 heteroatoms. The summed E-state index contributed by atoms with van der Waals surface area (Å²) in [4.78, 5) is 36.2. The highest BCUT2D eigenvalue weighted by Crippen LogP contribution is 2.37. The van der Waals surface area contributed by atoms with Crippen molar-refractivity contribution in [1.82, 2.24) is 20.1 Å². The summed E-state index contributed by atoms with van der Waals surface area (Å²) in [5.41, 5.74) is 3.36. The number of alkyl halides is 3. The van der Waals surface area contributed by atoms with Crippen molar-refractivity contribution >= 4 is 39.1 Å². The summed E-state index contributed by atoms with van der Waals surface area (Å²) in [5, 5.41) is 16.6. The number of aliphatic carboxylic acids is 1. The maximum atomic E-state index is 16.2. The predicted octanol–water partition coefficient (Wildman–Crippen LogP) is 6.28. The molecule has 1 aromatic heterocycles. The van der Waals surface area contributed by atoms with Crippen molar-refractivity contribution in [2.75, 3.05) is 65.1 Å². The second-order valence-corrected chi connectivity index (χ2v) is 14.5. The van der Waals surface area contributed by atoms with Gasteiger partial charge in [-0.15, -0.1) is 0 Å². The number of fused-ring (bicyclic) bond motifs is 2. The molecular weight excluding hydrogens is 730 g/mol. The van der Waals surface area contributed by atoms with Gasteiger partial charge >= 0.3 is 12.1 Å². The van der Waals surface area contributed by atoms with Crippen LogP contribution in [0.4, 0.5) is 23.2 Å². The van der Waals surface area contributed by atoms with Crippen LogP contribution in [0.15, 0.2) is 79.1 Å². The fourth-order valence-corrected chi connectivity index (χ4v) is 7.75. The lowest BCUT2D eigenvalue weighted by Crippen LogP contribution is -2.53. The van der Waals surface area contributed by atoms with Crippen LogP contribution in [0, 0.1) is 5.82 Å². The zero-order chi connectivity index (χ0) is 39.6. The number of carbonyl (C=O) groups excluding carboxylic acids is 1. The molecule has 3 heterocycles. The Hall–Kier alpha value is -5.15. The summed E-state index contributed by atoms with van der Waals surface area (Å²) in [5.74, 6) is -3.35. The number of amides is 1. The second-order valence-electron chi connectivity index (χ2n) is 14.5. The first-order valence-corrected chi connectivity index (χ1v) is 18.5. The van der Waals surface area contributed by atoms with Crippen molar-refractivity contribution < 1.29 is 41.7 Å². The number of halogens is 4. The minimum Gasteiger partial charge on any atom is -0.480 e. The molecule has 2 N–H and O–H groups in total. The Balaban J connectivity index is 1.22. The number of carbonyl (C=O) groups is 2. The normalized spacial score (nSPS) is 17.4. The van der Waals surface area contributed by atoms with Crippen LogP contribution in [0.25, 0.3) is 32.7 Å². The zero-order valence-electron chi connectivity index (χ0n) is 31.1. The van der Waals surface area contributed by atoms with Crippen LogP contribution in [-0.2, 0) is 33.8 Å². The van der Waals surface area contributed by atoms with E-state index in [1.807, 2.05) is 61.6 Å². The number of morpholine rings is 2. The molecule has 56 heavy (non-hydrogen) atoms. The molecule has 2 atom stereocenters. The van der Waals surface area contributed by atoms with Gasteiger partial charge in [0, 0.05) is 62.6 Å². The molecule has 0 saturated carbocycles. The highest BCUT2D eigenvalue weighted by atomic mass is 19.4. The van der Waals surface area contributed by atoms with E-state index in [1.165, 1.54) is 6.07 Å². The monoisotopic (exact) mass is 773 g/mol. The molecule has 2 saturated heterocycles. The first-order valence-electron chi connectivity index (χ1n) is 18.5. The van der Waals surface area contributed by atoms with Crippen molar-refractivity contribution in [3.63, 3.8) is 0 Å². The molecule has 0 unspecified atom stereocenters. The van der Waals surface area contributed by atoms with Gasteiger partial charge in [-0.05, 0) is 88.4 Å². The molecule has 1 amide bonds. The molecule has 4 aromatic carbocycles. The average Bonchev–Trinajstić information content (AvgIpc) is 3.17. The molecule has 7 rings (SSSR count). The number of benzene rings is 4. The lowest BCUT2D eigenvalue weighted by Gasteiger charge is -2.38. The Bertz CT molecular complexity index is 2240. The third kappa shape index (κ3) is 8.48. The highest BCUT2D eigenvalue weighted by Gasteiger charge is 2.46. The van der Waals surface area contributed by atoms with E-state index in [4.69, 9.17) is 9.47 Å². The van der Waals surface area contributed by atoms with E-state index in [0.29, 0.717) is 31.9 Å². The zero-order valence-corrected chi connectivity index (χ0v) is 31.1. The number of nitrogens with one attached hydrogen (secondary N) is 1. The van der Waals surface area contributed by atoms with Gasteiger partial charge in [-0.3, -0.25) is 14.7 Å². The van der Waals surface area contributed by atoms with Gasteiger partial charge in [0.25, 0.3) is 5.91 Å². The van der Waals surface area contributed by atoms with E-state index in [0.717, 1.165) is 55.7 Å². The van der Waals surface area contributed by atoms with E-state index in [1.54, 1.807) is 12.3 Å². The molecule has 0 radical (unpaired) electrons. The Labute approximate surface area is 321 Å². The number of carboxylic acids is 1. The molecule has 0 aliphatic carbocycles. The third-order valence-electron chi connectivity index (χ3n) is 10.4. The number of carboxylic acid groups (broad SMARTS) is 1. The van der Waals surface area contributed by atoms with Crippen molar-refractivity contribution in [3.8, 4) is 11.1 Å². The highest BCUT2D eigenvalue weighted by molar-refractivity contribution is 6.06.